The van der Waals surface area contributed by atoms with Crippen LogP contribution in [-0.2, 0) is 9.53 Å². The Balaban J connectivity index is 1.59. The second-order valence-corrected chi connectivity index (χ2v) is 10.0. The van der Waals surface area contributed by atoms with Crippen molar-refractivity contribution in [3.63, 3.8) is 0 Å². The quantitative estimate of drug-likeness (QED) is 0.226. The molecular weight excluding hydrogens is 396 g/mol. The largest absolute Gasteiger partial charge is 0.463 e. The highest BCUT2D eigenvalue weighted by molar-refractivity contribution is 7.99. The number of hydrogen-bond donors (Lipinski definition) is 2. The van der Waals surface area contributed by atoms with E-state index in [2.05, 4.69) is 12.1 Å². The summed E-state index contributed by atoms with van der Waals surface area (Å²) in [6.45, 7) is 3.76. The molecule has 2 unspecified atom stereocenters. The predicted molar refractivity (Wildman–Crippen MR) is 124 cm³/mol. The number of aliphatic hydroxyl groups is 2. The smallest absolute Gasteiger partial charge is 0.306 e. The first kappa shape index (κ1) is 25.2. The first-order chi connectivity index (χ1) is 14.5. The lowest BCUT2D eigenvalue weighted by Crippen LogP contribution is -2.22. The van der Waals surface area contributed by atoms with Gasteiger partial charge in [-0.3, -0.25) is 4.79 Å². The molecule has 1 saturated carbocycles. The van der Waals surface area contributed by atoms with Crippen molar-refractivity contribution in [1.29, 1.82) is 0 Å². The lowest BCUT2D eigenvalue weighted by molar-refractivity contribution is -0.147. The molecule has 1 aromatic carbocycles. The molecule has 2 rings (SSSR count). The van der Waals surface area contributed by atoms with Gasteiger partial charge in [0.05, 0.1) is 18.3 Å². The fraction of sp³-hybridized carbons (Fsp3) is 0.720. The van der Waals surface area contributed by atoms with Gasteiger partial charge in [0, 0.05) is 17.1 Å². The van der Waals surface area contributed by atoms with Gasteiger partial charge in [-0.2, -0.15) is 0 Å². The van der Waals surface area contributed by atoms with Crippen molar-refractivity contribution in [2.45, 2.75) is 101 Å². The van der Waals surface area contributed by atoms with Crippen molar-refractivity contribution in [2.24, 2.45) is 11.8 Å². The maximum absolute atomic E-state index is 11.6. The highest BCUT2D eigenvalue weighted by Crippen LogP contribution is 2.39. The molecule has 30 heavy (non-hydrogen) atoms. The average Bonchev–Trinajstić information content (AvgIpc) is 3.07. The van der Waals surface area contributed by atoms with E-state index < -0.39 is 0 Å². The van der Waals surface area contributed by atoms with Crippen LogP contribution in [0.4, 0.5) is 0 Å². The van der Waals surface area contributed by atoms with Gasteiger partial charge in [0.15, 0.2) is 0 Å². The number of carbonyl (C=O) groups is 1. The fourth-order valence-electron chi connectivity index (χ4n) is 4.44. The Morgan fingerprint density at radius 3 is 2.57 bits per heavy atom. The molecule has 0 amide bonds. The Bertz CT molecular complexity index is 592. The molecule has 4 atom stereocenters. The maximum Gasteiger partial charge on any atom is 0.306 e. The molecule has 0 aromatic heterocycles. The number of esters is 1. The Labute approximate surface area is 186 Å². The molecule has 0 heterocycles. The summed E-state index contributed by atoms with van der Waals surface area (Å²) in [5.74, 6) is 1.51. The summed E-state index contributed by atoms with van der Waals surface area (Å²) in [7, 11) is 0. The van der Waals surface area contributed by atoms with Crippen LogP contribution < -0.4 is 0 Å². The Morgan fingerprint density at radius 1 is 1.10 bits per heavy atom. The van der Waals surface area contributed by atoms with Gasteiger partial charge < -0.3 is 14.9 Å². The van der Waals surface area contributed by atoms with E-state index in [0.29, 0.717) is 24.0 Å². The first-order valence-corrected chi connectivity index (χ1v) is 12.7. The van der Waals surface area contributed by atoms with Crippen LogP contribution in [0.25, 0.3) is 0 Å². The monoisotopic (exact) mass is 436 g/mol. The zero-order chi connectivity index (χ0) is 21.8. The van der Waals surface area contributed by atoms with Crippen LogP contribution in [0.15, 0.2) is 35.2 Å². The number of carbonyl (C=O) groups excluding carboxylic acids is 1. The summed E-state index contributed by atoms with van der Waals surface area (Å²) in [4.78, 5) is 12.7. The lowest BCUT2D eigenvalue weighted by Gasteiger charge is -2.23. The third-order valence-corrected chi connectivity index (χ3v) is 7.18. The number of hydrogen-bond acceptors (Lipinski definition) is 5. The van der Waals surface area contributed by atoms with Crippen molar-refractivity contribution in [3.05, 3.63) is 30.3 Å². The van der Waals surface area contributed by atoms with E-state index in [1.165, 1.54) is 4.90 Å². The molecule has 0 radical (unpaired) electrons. The van der Waals surface area contributed by atoms with Crippen molar-refractivity contribution in [1.82, 2.24) is 0 Å². The van der Waals surface area contributed by atoms with Crippen LogP contribution in [0.1, 0.15) is 78.1 Å². The minimum Gasteiger partial charge on any atom is -0.463 e. The van der Waals surface area contributed by atoms with Crippen molar-refractivity contribution in [2.75, 3.05) is 5.75 Å². The van der Waals surface area contributed by atoms with Gasteiger partial charge in [0.25, 0.3) is 0 Å². The molecule has 4 nitrogen and oxygen atoms in total. The second kappa shape index (κ2) is 14.1. The molecule has 2 N–H and O–H groups in total. The first-order valence-electron chi connectivity index (χ1n) is 11.7. The van der Waals surface area contributed by atoms with Crippen molar-refractivity contribution < 1.29 is 19.7 Å². The minimum absolute atomic E-state index is 0.0290. The molecule has 1 aliphatic rings. The van der Waals surface area contributed by atoms with E-state index in [-0.39, 0.29) is 24.3 Å². The number of thioether (sulfide) groups is 1. The van der Waals surface area contributed by atoms with Gasteiger partial charge in [-0.05, 0) is 69.9 Å². The fourth-order valence-corrected chi connectivity index (χ4v) is 5.34. The van der Waals surface area contributed by atoms with Gasteiger partial charge in [-0.1, -0.05) is 43.9 Å². The van der Waals surface area contributed by atoms with Crippen LogP contribution >= 0.6 is 11.8 Å². The van der Waals surface area contributed by atoms with E-state index in [1.807, 2.05) is 32.0 Å². The summed E-state index contributed by atoms with van der Waals surface area (Å²) >= 11 is 1.69. The molecule has 5 heteroatoms. The van der Waals surface area contributed by atoms with Gasteiger partial charge >= 0.3 is 5.97 Å². The third kappa shape index (κ3) is 9.84. The average molecular weight is 437 g/mol. The maximum atomic E-state index is 11.6. The minimum atomic E-state index is -0.325. The summed E-state index contributed by atoms with van der Waals surface area (Å²) < 4.78 is 5.16. The summed E-state index contributed by atoms with van der Waals surface area (Å²) in [5, 5.41) is 20.8. The van der Waals surface area contributed by atoms with E-state index in [4.69, 9.17) is 4.74 Å². The lowest BCUT2D eigenvalue weighted by atomic mass is 9.86. The molecule has 1 aromatic rings. The van der Waals surface area contributed by atoms with E-state index in [1.54, 1.807) is 11.8 Å². The number of aliphatic hydroxyl groups excluding tert-OH is 2. The Hall–Kier alpha value is -1.04. The Kier molecular flexibility index (Phi) is 11.9. The molecule has 0 aliphatic heterocycles. The topological polar surface area (TPSA) is 66.8 Å². The summed E-state index contributed by atoms with van der Waals surface area (Å²) in [6, 6.07) is 10.2. The second-order valence-electron chi connectivity index (χ2n) is 8.92. The standard InChI is InChI=1S/C25H40O4S/c1-19(2)29-25(28)13-9-4-3-6-10-20-14-17-24(27)23(20)16-15-21(26)18-30-22-11-7-5-8-12-22/h5,7-8,11-12,19-21,23-24,26-27H,3-4,6,9-10,13-18H2,1-2H3/t20-,21?,23?,24+/m0/s1. The molecule has 0 spiro atoms. The van der Waals surface area contributed by atoms with Gasteiger partial charge in [-0.15, -0.1) is 11.8 Å². The highest BCUT2D eigenvalue weighted by Gasteiger charge is 2.34. The van der Waals surface area contributed by atoms with E-state index >= 15 is 0 Å². The molecule has 1 fully saturated rings. The zero-order valence-corrected chi connectivity index (χ0v) is 19.5. The zero-order valence-electron chi connectivity index (χ0n) is 18.7. The highest BCUT2D eigenvalue weighted by atomic mass is 32.2. The van der Waals surface area contributed by atoms with Crippen molar-refractivity contribution in [3.8, 4) is 0 Å². The van der Waals surface area contributed by atoms with Gasteiger partial charge in [-0.25, -0.2) is 0 Å². The summed E-state index contributed by atoms with van der Waals surface area (Å²) in [6.07, 6.45) is 8.99. The number of ether oxygens (including phenoxy) is 1. The molecule has 170 valence electrons. The van der Waals surface area contributed by atoms with Crippen LogP contribution in [-0.4, -0.2) is 40.2 Å². The van der Waals surface area contributed by atoms with Crippen LogP contribution in [0.5, 0.6) is 0 Å². The van der Waals surface area contributed by atoms with Gasteiger partial charge in [0.2, 0.25) is 0 Å². The van der Waals surface area contributed by atoms with Crippen LogP contribution in [0, 0.1) is 11.8 Å². The van der Waals surface area contributed by atoms with Crippen LogP contribution in [0.2, 0.25) is 0 Å². The summed E-state index contributed by atoms with van der Waals surface area (Å²) in [5.41, 5.74) is 0. The number of unbranched alkanes of at least 4 members (excludes halogenated alkanes) is 3. The molecule has 1 aliphatic carbocycles. The van der Waals surface area contributed by atoms with E-state index in [0.717, 1.165) is 57.8 Å². The third-order valence-electron chi connectivity index (χ3n) is 6.02. The van der Waals surface area contributed by atoms with Gasteiger partial charge in [0.1, 0.15) is 0 Å². The molecule has 0 saturated heterocycles. The van der Waals surface area contributed by atoms with Crippen LogP contribution in [0.3, 0.4) is 0 Å². The number of benzene rings is 1. The van der Waals surface area contributed by atoms with Crippen molar-refractivity contribution >= 4 is 17.7 Å². The normalized spacial score (nSPS) is 22.4. The van der Waals surface area contributed by atoms with E-state index in [9.17, 15) is 15.0 Å². The molecular formula is C25H40O4S. The SMILES string of the molecule is CC(C)OC(=O)CCCCCC[C@H]1CC[C@@H](O)C1CCC(O)CSc1ccccc1. The Morgan fingerprint density at radius 2 is 1.83 bits per heavy atom. The predicted octanol–water partition coefficient (Wildman–Crippen LogP) is 5.60. The molecule has 0 bridgehead atoms. The number of rotatable bonds is 14.